The normalized spacial score (nSPS) is 19.3. The lowest BCUT2D eigenvalue weighted by Crippen LogP contribution is -2.39. The van der Waals surface area contributed by atoms with Crippen molar-refractivity contribution >= 4 is 17.5 Å². The quantitative estimate of drug-likeness (QED) is 0.769. The maximum absolute atomic E-state index is 13.3. The van der Waals surface area contributed by atoms with Crippen molar-refractivity contribution in [1.82, 2.24) is 25.2 Å². The van der Waals surface area contributed by atoms with E-state index in [1.807, 2.05) is 0 Å². The summed E-state index contributed by atoms with van der Waals surface area (Å²) in [5, 5.41) is 11.0. The summed E-state index contributed by atoms with van der Waals surface area (Å²) in [6, 6.07) is 3.12. The minimum atomic E-state index is -4.59. The van der Waals surface area contributed by atoms with Gasteiger partial charge in [-0.15, -0.1) is 5.10 Å². The lowest BCUT2D eigenvalue weighted by Gasteiger charge is -2.32. The Morgan fingerprint density at radius 2 is 2.13 bits per heavy atom. The van der Waals surface area contributed by atoms with E-state index in [0.29, 0.717) is 47.9 Å². The van der Waals surface area contributed by atoms with Gasteiger partial charge in [0.2, 0.25) is 5.91 Å². The molecule has 7 nitrogen and oxygen atoms in total. The molecule has 1 aromatic carbocycles. The number of nitrogens with one attached hydrogen (secondary N) is 1. The Bertz CT molecular complexity index is 962. The zero-order chi connectivity index (χ0) is 21.5. The highest BCUT2D eigenvalue weighted by Gasteiger charge is 2.39. The Morgan fingerprint density at radius 3 is 2.83 bits per heavy atom. The van der Waals surface area contributed by atoms with Crippen LogP contribution in [0, 0.1) is 0 Å². The van der Waals surface area contributed by atoms with E-state index in [2.05, 4.69) is 15.6 Å². The largest absolute Gasteiger partial charge is 0.487 e. The van der Waals surface area contributed by atoms with Gasteiger partial charge < -0.3 is 15.0 Å². The van der Waals surface area contributed by atoms with Gasteiger partial charge in [0, 0.05) is 37.1 Å². The number of ether oxygens (including phenoxy) is 1. The van der Waals surface area contributed by atoms with E-state index in [-0.39, 0.29) is 24.2 Å². The van der Waals surface area contributed by atoms with Crippen LogP contribution in [-0.2, 0) is 31.0 Å². The maximum Gasteiger partial charge on any atom is 0.435 e. The molecule has 0 unspecified atom stereocenters. The molecule has 1 aromatic heterocycles. The van der Waals surface area contributed by atoms with Crippen LogP contribution >= 0.6 is 11.6 Å². The van der Waals surface area contributed by atoms with Crippen molar-refractivity contribution in [2.75, 3.05) is 19.6 Å². The third-order valence-corrected chi connectivity index (χ3v) is 5.83. The summed E-state index contributed by atoms with van der Waals surface area (Å²) >= 11 is 6.39. The molecular weight excluding hydrogens is 423 g/mol. The van der Waals surface area contributed by atoms with E-state index >= 15 is 0 Å². The molecule has 0 spiro atoms. The van der Waals surface area contributed by atoms with Crippen LogP contribution in [0.4, 0.5) is 13.2 Å². The van der Waals surface area contributed by atoms with Gasteiger partial charge in [-0.05, 0) is 37.1 Å². The number of amides is 1. The van der Waals surface area contributed by atoms with Crippen molar-refractivity contribution in [3.05, 3.63) is 39.7 Å². The highest BCUT2D eigenvalue weighted by atomic mass is 35.5. The Morgan fingerprint density at radius 1 is 1.33 bits per heavy atom. The molecule has 4 rings (SSSR count). The number of hydrogen-bond donors (Lipinski definition) is 1. The van der Waals surface area contributed by atoms with E-state index in [9.17, 15) is 18.0 Å². The summed E-state index contributed by atoms with van der Waals surface area (Å²) in [7, 11) is 1.19. The number of aromatic nitrogens is 3. The summed E-state index contributed by atoms with van der Waals surface area (Å²) in [5.74, 6) is 0.528. The van der Waals surface area contributed by atoms with Gasteiger partial charge in [0.05, 0.1) is 6.04 Å². The van der Waals surface area contributed by atoms with E-state index in [1.165, 1.54) is 7.05 Å². The minimum Gasteiger partial charge on any atom is -0.487 e. The molecular formula is C19H21ClF3N5O2. The fraction of sp³-hybridized carbons (Fsp3) is 0.526. The van der Waals surface area contributed by atoms with Crippen LogP contribution in [0.1, 0.15) is 41.4 Å². The third-order valence-electron chi connectivity index (χ3n) is 5.48. The first kappa shape index (κ1) is 20.9. The number of nitrogens with zero attached hydrogens (tertiary/aromatic N) is 4. The Balaban J connectivity index is 1.62. The monoisotopic (exact) mass is 443 g/mol. The molecule has 3 heterocycles. The van der Waals surface area contributed by atoms with Crippen molar-refractivity contribution in [1.29, 1.82) is 0 Å². The second-order valence-electron chi connectivity index (χ2n) is 7.43. The summed E-state index contributed by atoms with van der Waals surface area (Å²) in [6.45, 7) is 1.45. The average Bonchev–Trinajstić information content (AvgIpc) is 3.27. The molecule has 30 heavy (non-hydrogen) atoms. The van der Waals surface area contributed by atoms with E-state index in [0.717, 1.165) is 17.5 Å². The maximum atomic E-state index is 13.3. The van der Waals surface area contributed by atoms with Crippen LogP contribution in [0.5, 0.6) is 5.75 Å². The number of benzene rings is 1. The molecule has 1 N–H and O–H groups in total. The number of alkyl halides is 3. The third kappa shape index (κ3) is 3.98. The number of rotatable bonds is 5. The molecule has 0 aliphatic carbocycles. The lowest BCUT2D eigenvalue weighted by atomic mass is 9.92. The van der Waals surface area contributed by atoms with Crippen LogP contribution in [0.15, 0.2) is 12.1 Å². The smallest absolute Gasteiger partial charge is 0.435 e. The number of carbonyl (C=O) groups is 1. The summed E-state index contributed by atoms with van der Waals surface area (Å²) in [6.07, 6.45) is -2.57. The van der Waals surface area contributed by atoms with Crippen LogP contribution in [0.25, 0.3) is 0 Å². The van der Waals surface area contributed by atoms with Crippen molar-refractivity contribution < 1.29 is 22.7 Å². The van der Waals surface area contributed by atoms with E-state index < -0.39 is 11.9 Å². The molecule has 1 amide bonds. The molecule has 0 radical (unpaired) electrons. The fourth-order valence-corrected chi connectivity index (χ4v) is 4.37. The molecule has 0 saturated carbocycles. The summed E-state index contributed by atoms with van der Waals surface area (Å²) < 4.78 is 46.4. The highest BCUT2D eigenvalue weighted by Crippen LogP contribution is 2.38. The Labute approximate surface area is 176 Å². The first-order chi connectivity index (χ1) is 14.3. The van der Waals surface area contributed by atoms with Crippen molar-refractivity contribution in [2.45, 2.75) is 38.1 Å². The lowest BCUT2D eigenvalue weighted by molar-refractivity contribution is -0.144. The molecule has 2 aromatic rings. The van der Waals surface area contributed by atoms with Gasteiger partial charge in [0.25, 0.3) is 0 Å². The summed E-state index contributed by atoms with van der Waals surface area (Å²) in [4.78, 5) is 13.9. The second-order valence-corrected chi connectivity index (χ2v) is 7.84. The van der Waals surface area contributed by atoms with Crippen LogP contribution in [0.2, 0.25) is 5.02 Å². The van der Waals surface area contributed by atoms with Gasteiger partial charge in [-0.2, -0.15) is 13.2 Å². The average molecular weight is 444 g/mol. The SMILES string of the molecule is Cn1nnc(COc2ccc(Cl)c3c2[C@@H](CN2CCCC2=O)NCC3)c1C(F)(F)F. The molecule has 162 valence electrons. The molecule has 1 saturated heterocycles. The van der Waals surface area contributed by atoms with Crippen molar-refractivity contribution in [3.8, 4) is 5.75 Å². The number of carbonyl (C=O) groups excluding carboxylic acids is 1. The van der Waals surface area contributed by atoms with Crippen LogP contribution < -0.4 is 10.1 Å². The molecule has 1 atom stereocenters. The van der Waals surface area contributed by atoms with Gasteiger partial charge >= 0.3 is 6.18 Å². The molecule has 11 heteroatoms. The van der Waals surface area contributed by atoms with Crippen LogP contribution in [-0.4, -0.2) is 45.4 Å². The predicted molar refractivity (Wildman–Crippen MR) is 102 cm³/mol. The van der Waals surface area contributed by atoms with Gasteiger partial charge in [0.1, 0.15) is 18.1 Å². The number of likely N-dealkylation sites (tertiary alicyclic amines) is 1. The number of halogens is 4. The van der Waals surface area contributed by atoms with Crippen molar-refractivity contribution in [3.63, 3.8) is 0 Å². The first-order valence-corrected chi connectivity index (χ1v) is 10.0. The van der Waals surface area contributed by atoms with Gasteiger partial charge in [-0.1, -0.05) is 16.8 Å². The van der Waals surface area contributed by atoms with Crippen LogP contribution in [0.3, 0.4) is 0 Å². The zero-order valence-electron chi connectivity index (χ0n) is 16.3. The molecule has 2 aliphatic rings. The van der Waals surface area contributed by atoms with Gasteiger partial charge in [-0.25, -0.2) is 4.68 Å². The second kappa shape index (κ2) is 8.07. The standard InChI is InChI=1S/C19H21ClF3N5O2/c1-27-18(19(21,22)23)14(25-26-27)10-30-15-5-4-12(20)11-6-7-24-13(17(11)15)9-28-8-2-3-16(28)29/h4-5,13,24H,2-3,6-10H2,1H3/t13-/m1/s1. The molecule has 0 bridgehead atoms. The predicted octanol–water partition coefficient (Wildman–Crippen LogP) is 2.88. The molecule has 2 aliphatic heterocycles. The minimum absolute atomic E-state index is 0.0998. The van der Waals surface area contributed by atoms with E-state index in [1.54, 1.807) is 17.0 Å². The van der Waals surface area contributed by atoms with Gasteiger partial charge in [0.15, 0.2) is 5.69 Å². The number of fused-ring (bicyclic) bond motifs is 1. The van der Waals surface area contributed by atoms with Crippen molar-refractivity contribution in [2.24, 2.45) is 7.05 Å². The zero-order valence-corrected chi connectivity index (χ0v) is 17.1. The highest BCUT2D eigenvalue weighted by molar-refractivity contribution is 6.31. The van der Waals surface area contributed by atoms with Gasteiger partial charge in [-0.3, -0.25) is 4.79 Å². The molecule has 1 fully saturated rings. The van der Waals surface area contributed by atoms with E-state index in [4.69, 9.17) is 16.3 Å². The number of aryl methyl sites for hydroxylation is 1. The number of hydrogen-bond acceptors (Lipinski definition) is 5. The topological polar surface area (TPSA) is 72.3 Å². The Kier molecular flexibility index (Phi) is 5.63. The Hall–Kier alpha value is -2.33. The first-order valence-electron chi connectivity index (χ1n) is 9.66. The summed E-state index contributed by atoms with van der Waals surface area (Å²) in [5.41, 5.74) is 0.442. The fourth-order valence-electron chi connectivity index (χ4n) is 4.12.